The van der Waals surface area contributed by atoms with E-state index in [0.29, 0.717) is 6.42 Å². The van der Waals surface area contributed by atoms with Crippen LogP contribution in [0.15, 0.2) is 24.3 Å². The van der Waals surface area contributed by atoms with Crippen molar-refractivity contribution in [1.29, 1.82) is 0 Å². The Balaban J connectivity index is 2.92. The van der Waals surface area contributed by atoms with Gasteiger partial charge in [0.1, 0.15) is 0 Å². The van der Waals surface area contributed by atoms with Crippen LogP contribution in [0.2, 0.25) is 0 Å². The van der Waals surface area contributed by atoms with Crippen molar-refractivity contribution in [3.63, 3.8) is 0 Å². The van der Waals surface area contributed by atoms with Crippen molar-refractivity contribution in [3.05, 3.63) is 35.4 Å². The number of halogens is 1. The molecule has 0 aliphatic rings. The van der Waals surface area contributed by atoms with Gasteiger partial charge in [0.25, 0.3) is 0 Å². The Kier molecular flexibility index (Phi) is 3.04. The molecule has 0 saturated carbocycles. The minimum absolute atomic E-state index is 0.352. The number of benzene rings is 1. The summed E-state index contributed by atoms with van der Waals surface area (Å²) in [6.45, 7) is 3.10. The van der Waals surface area contributed by atoms with Crippen molar-refractivity contribution in [2.45, 2.75) is 25.9 Å². The summed E-state index contributed by atoms with van der Waals surface area (Å²) < 4.78 is 12.0. The van der Waals surface area contributed by atoms with Crippen molar-refractivity contribution in [2.75, 3.05) is 6.67 Å². The highest BCUT2D eigenvalue weighted by atomic mass is 19.1. The van der Waals surface area contributed by atoms with E-state index in [1.807, 2.05) is 24.3 Å². The molecule has 72 valence electrons. The van der Waals surface area contributed by atoms with E-state index in [2.05, 4.69) is 0 Å². The van der Waals surface area contributed by atoms with Crippen molar-refractivity contribution in [3.8, 4) is 0 Å². The second-order valence-electron chi connectivity index (χ2n) is 3.70. The molecule has 1 nitrogen and oxygen atoms in total. The number of alkyl halides is 1. The summed E-state index contributed by atoms with van der Waals surface area (Å²) in [4.78, 5) is 0. The van der Waals surface area contributed by atoms with Gasteiger partial charge in [-0.2, -0.15) is 0 Å². The molecule has 1 rings (SSSR count). The number of rotatable bonds is 3. The topological polar surface area (TPSA) is 20.2 Å². The van der Waals surface area contributed by atoms with Crippen LogP contribution in [0.4, 0.5) is 4.39 Å². The molecule has 0 aliphatic carbocycles. The minimum atomic E-state index is -0.841. The fourth-order valence-electron chi connectivity index (χ4n) is 1.22. The SMILES string of the molecule is CC(C)(O)c1cccc(CCF)c1. The molecule has 1 N–H and O–H groups in total. The summed E-state index contributed by atoms with van der Waals surface area (Å²) in [5.74, 6) is 0. The van der Waals surface area contributed by atoms with Gasteiger partial charge in [-0.3, -0.25) is 4.39 Å². The van der Waals surface area contributed by atoms with Crippen LogP contribution in [0.3, 0.4) is 0 Å². The third kappa shape index (κ3) is 2.81. The van der Waals surface area contributed by atoms with Crippen LogP contribution in [0, 0.1) is 0 Å². The summed E-state index contributed by atoms with van der Waals surface area (Å²) in [5.41, 5.74) is 0.923. The zero-order valence-corrected chi connectivity index (χ0v) is 8.05. The molecule has 0 atom stereocenters. The van der Waals surface area contributed by atoms with E-state index in [9.17, 15) is 9.50 Å². The summed E-state index contributed by atoms with van der Waals surface area (Å²) in [6, 6.07) is 7.41. The quantitative estimate of drug-likeness (QED) is 0.761. The van der Waals surface area contributed by atoms with Crippen LogP contribution >= 0.6 is 0 Å². The fraction of sp³-hybridized carbons (Fsp3) is 0.455. The van der Waals surface area contributed by atoms with Crippen LogP contribution in [0.5, 0.6) is 0 Å². The second kappa shape index (κ2) is 3.88. The van der Waals surface area contributed by atoms with Gasteiger partial charge in [0.05, 0.1) is 12.3 Å². The molecular weight excluding hydrogens is 167 g/mol. The lowest BCUT2D eigenvalue weighted by Crippen LogP contribution is -2.15. The average molecular weight is 182 g/mol. The largest absolute Gasteiger partial charge is 0.386 e. The van der Waals surface area contributed by atoms with Crippen LogP contribution < -0.4 is 0 Å². The van der Waals surface area contributed by atoms with E-state index < -0.39 is 5.60 Å². The first-order valence-electron chi connectivity index (χ1n) is 4.42. The lowest BCUT2D eigenvalue weighted by molar-refractivity contribution is 0.0785. The monoisotopic (exact) mass is 182 g/mol. The zero-order valence-electron chi connectivity index (χ0n) is 8.05. The van der Waals surface area contributed by atoms with Gasteiger partial charge in [0, 0.05) is 6.42 Å². The molecular formula is C11H15FO. The molecule has 1 aromatic rings. The second-order valence-corrected chi connectivity index (χ2v) is 3.70. The predicted octanol–water partition coefficient (Wildman–Crippen LogP) is 2.43. The third-order valence-corrected chi connectivity index (χ3v) is 2.02. The van der Waals surface area contributed by atoms with Gasteiger partial charge in [-0.1, -0.05) is 24.3 Å². The van der Waals surface area contributed by atoms with Crippen LogP contribution in [0.1, 0.15) is 25.0 Å². The van der Waals surface area contributed by atoms with Crippen molar-refractivity contribution < 1.29 is 9.50 Å². The molecule has 0 unspecified atom stereocenters. The van der Waals surface area contributed by atoms with Crippen molar-refractivity contribution in [2.24, 2.45) is 0 Å². The third-order valence-electron chi connectivity index (χ3n) is 2.02. The predicted molar refractivity (Wildman–Crippen MR) is 51.4 cm³/mol. The van der Waals surface area contributed by atoms with Crippen LogP contribution in [0.25, 0.3) is 0 Å². The molecule has 0 spiro atoms. The number of hydrogen-bond donors (Lipinski definition) is 1. The maximum absolute atomic E-state index is 12.0. The molecule has 0 amide bonds. The van der Waals surface area contributed by atoms with E-state index in [1.54, 1.807) is 13.8 Å². The molecule has 0 radical (unpaired) electrons. The molecule has 13 heavy (non-hydrogen) atoms. The first kappa shape index (κ1) is 10.2. The summed E-state index contributed by atoms with van der Waals surface area (Å²) in [7, 11) is 0. The van der Waals surface area contributed by atoms with E-state index in [1.165, 1.54) is 0 Å². The Morgan fingerprint density at radius 3 is 2.62 bits per heavy atom. The van der Waals surface area contributed by atoms with Gasteiger partial charge in [-0.15, -0.1) is 0 Å². The van der Waals surface area contributed by atoms with E-state index >= 15 is 0 Å². The average Bonchev–Trinajstić information content (AvgIpc) is 2.04. The minimum Gasteiger partial charge on any atom is -0.386 e. The first-order valence-corrected chi connectivity index (χ1v) is 4.42. The van der Waals surface area contributed by atoms with Gasteiger partial charge >= 0.3 is 0 Å². The summed E-state index contributed by atoms with van der Waals surface area (Å²) in [6.07, 6.45) is 0.421. The normalized spacial score (nSPS) is 11.7. The molecule has 1 aromatic carbocycles. The highest BCUT2D eigenvalue weighted by molar-refractivity contribution is 5.27. The Labute approximate surface area is 78.2 Å². The lowest BCUT2D eigenvalue weighted by atomic mass is 9.96. The van der Waals surface area contributed by atoms with Crippen molar-refractivity contribution in [1.82, 2.24) is 0 Å². The van der Waals surface area contributed by atoms with Crippen LogP contribution in [-0.2, 0) is 12.0 Å². The molecule has 0 fully saturated rings. The van der Waals surface area contributed by atoms with Gasteiger partial charge in [-0.05, 0) is 25.0 Å². The molecule has 0 aromatic heterocycles. The van der Waals surface area contributed by atoms with E-state index in [0.717, 1.165) is 11.1 Å². The van der Waals surface area contributed by atoms with Gasteiger partial charge in [-0.25, -0.2) is 0 Å². The van der Waals surface area contributed by atoms with E-state index in [4.69, 9.17) is 0 Å². The molecule has 0 saturated heterocycles. The van der Waals surface area contributed by atoms with Gasteiger partial charge in [0.2, 0.25) is 0 Å². The molecule has 2 heteroatoms. The number of aliphatic hydroxyl groups is 1. The van der Waals surface area contributed by atoms with Crippen molar-refractivity contribution >= 4 is 0 Å². The van der Waals surface area contributed by atoms with Gasteiger partial charge in [0.15, 0.2) is 0 Å². The number of aryl methyl sites for hydroxylation is 1. The van der Waals surface area contributed by atoms with Crippen LogP contribution in [-0.4, -0.2) is 11.8 Å². The molecule has 0 heterocycles. The summed E-state index contributed by atoms with van der Waals surface area (Å²) in [5, 5.41) is 9.69. The van der Waals surface area contributed by atoms with Gasteiger partial charge < -0.3 is 5.11 Å². The Hall–Kier alpha value is -0.890. The first-order chi connectivity index (χ1) is 6.04. The maximum Gasteiger partial charge on any atom is 0.0934 e. The zero-order chi connectivity index (χ0) is 9.90. The Bertz CT molecular complexity index is 276. The molecule has 0 bridgehead atoms. The smallest absolute Gasteiger partial charge is 0.0934 e. The summed E-state index contributed by atoms with van der Waals surface area (Å²) >= 11 is 0. The fourth-order valence-corrected chi connectivity index (χ4v) is 1.22. The van der Waals surface area contributed by atoms with E-state index in [-0.39, 0.29) is 6.67 Å². The standard InChI is InChI=1S/C11H15FO/c1-11(2,13)10-5-3-4-9(8-10)6-7-12/h3-5,8,13H,6-7H2,1-2H3. The Morgan fingerprint density at radius 2 is 2.08 bits per heavy atom. The maximum atomic E-state index is 12.0. The highest BCUT2D eigenvalue weighted by Crippen LogP contribution is 2.20. The highest BCUT2D eigenvalue weighted by Gasteiger charge is 2.15. The molecule has 0 aliphatic heterocycles. The number of hydrogen-bond acceptors (Lipinski definition) is 1. The Morgan fingerprint density at radius 1 is 1.38 bits per heavy atom. The lowest BCUT2D eigenvalue weighted by Gasteiger charge is -2.18.